The van der Waals surface area contributed by atoms with Crippen molar-refractivity contribution in [1.82, 2.24) is 9.97 Å². The molecule has 0 aromatic carbocycles. The molecule has 0 bridgehead atoms. The van der Waals surface area contributed by atoms with Crippen LogP contribution in [0.3, 0.4) is 0 Å². The SMILES string of the molecule is CC.c1cc(-c2ccncc2)ccn1. The Labute approximate surface area is 84.7 Å². The summed E-state index contributed by atoms with van der Waals surface area (Å²) >= 11 is 0. The third-order valence-corrected chi connectivity index (χ3v) is 1.69. The second-order valence-corrected chi connectivity index (χ2v) is 2.47. The highest BCUT2D eigenvalue weighted by Gasteiger charge is 1.92. The predicted molar refractivity (Wildman–Crippen MR) is 58.8 cm³/mol. The molecule has 0 saturated heterocycles. The van der Waals surface area contributed by atoms with E-state index in [4.69, 9.17) is 0 Å². The second-order valence-electron chi connectivity index (χ2n) is 2.47. The van der Waals surface area contributed by atoms with E-state index in [0.717, 1.165) is 0 Å². The molecule has 2 heteroatoms. The highest BCUT2D eigenvalue weighted by molar-refractivity contribution is 5.61. The van der Waals surface area contributed by atoms with Crippen molar-refractivity contribution in [1.29, 1.82) is 0 Å². The zero-order valence-corrected chi connectivity index (χ0v) is 8.51. The molecule has 2 rings (SSSR count). The Kier molecular flexibility index (Phi) is 4.35. The Morgan fingerprint density at radius 3 is 1.21 bits per heavy atom. The molecule has 0 saturated carbocycles. The Bertz CT molecular complexity index is 306. The summed E-state index contributed by atoms with van der Waals surface area (Å²) in [4.78, 5) is 7.91. The van der Waals surface area contributed by atoms with E-state index < -0.39 is 0 Å². The minimum Gasteiger partial charge on any atom is -0.265 e. The summed E-state index contributed by atoms with van der Waals surface area (Å²) in [5.41, 5.74) is 2.35. The van der Waals surface area contributed by atoms with Crippen LogP contribution in [0.15, 0.2) is 49.1 Å². The van der Waals surface area contributed by atoms with Gasteiger partial charge in [0, 0.05) is 24.8 Å². The number of pyridine rings is 2. The van der Waals surface area contributed by atoms with Crippen LogP contribution in [0.4, 0.5) is 0 Å². The van der Waals surface area contributed by atoms with Gasteiger partial charge in [-0.1, -0.05) is 13.8 Å². The quantitative estimate of drug-likeness (QED) is 0.683. The van der Waals surface area contributed by atoms with E-state index in [1.807, 2.05) is 38.1 Å². The van der Waals surface area contributed by atoms with Gasteiger partial charge in [-0.2, -0.15) is 0 Å². The van der Waals surface area contributed by atoms with Crippen LogP contribution >= 0.6 is 0 Å². The van der Waals surface area contributed by atoms with Gasteiger partial charge in [0.25, 0.3) is 0 Å². The van der Waals surface area contributed by atoms with Gasteiger partial charge in [0.05, 0.1) is 0 Å². The molecule has 0 aliphatic rings. The lowest BCUT2D eigenvalue weighted by molar-refractivity contribution is 1.31. The van der Waals surface area contributed by atoms with E-state index in [-0.39, 0.29) is 0 Å². The minimum absolute atomic E-state index is 1.17. The van der Waals surface area contributed by atoms with Gasteiger partial charge in [-0.05, 0) is 35.4 Å². The van der Waals surface area contributed by atoms with Gasteiger partial charge < -0.3 is 0 Å². The van der Waals surface area contributed by atoms with E-state index in [0.29, 0.717) is 0 Å². The summed E-state index contributed by atoms with van der Waals surface area (Å²) in [7, 11) is 0. The van der Waals surface area contributed by atoms with Gasteiger partial charge in [0.2, 0.25) is 0 Å². The van der Waals surface area contributed by atoms with Gasteiger partial charge >= 0.3 is 0 Å². The predicted octanol–water partition coefficient (Wildman–Crippen LogP) is 3.17. The summed E-state index contributed by atoms with van der Waals surface area (Å²) in [6.07, 6.45) is 7.15. The maximum Gasteiger partial charge on any atom is 0.0273 e. The molecule has 14 heavy (non-hydrogen) atoms. The molecule has 0 unspecified atom stereocenters. The minimum atomic E-state index is 1.17. The van der Waals surface area contributed by atoms with Crippen LogP contribution in [0.1, 0.15) is 13.8 Å². The molecule has 0 spiro atoms. The Hall–Kier alpha value is -1.70. The fourth-order valence-electron chi connectivity index (χ4n) is 1.09. The normalized spacial score (nSPS) is 8.71. The topological polar surface area (TPSA) is 25.8 Å². The maximum atomic E-state index is 3.96. The van der Waals surface area contributed by atoms with Crippen molar-refractivity contribution in [3.63, 3.8) is 0 Å². The zero-order valence-electron chi connectivity index (χ0n) is 8.51. The summed E-state index contributed by atoms with van der Waals surface area (Å²) in [5, 5.41) is 0. The third-order valence-electron chi connectivity index (χ3n) is 1.69. The van der Waals surface area contributed by atoms with Crippen LogP contribution in [0.2, 0.25) is 0 Å². The molecule has 0 amide bonds. The van der Waals surface area contributed by atoms with Crippen LogP contribution in [0.25, 0.3) is 11.1 Å². The molecule has 2 aromatic heterocycles. The summed E-state index contributed by atoms with van der Waals surface area (Å²) in [6.45, 7) is 4.00. The summed E-state index contributed by atoms with van der Waals surface area (Å²) < 4.78 is 0. The number of hydrogen-bond donors (Lipinski definition) is 0. The number of nitrogens with zero attached hydrogens (tertiary/aromatic N) is 2. The zero-order chi connectivity index (χ0) is 10.2. The van der Waals surface area contributed by atoms with E-state index >= 15 is 0 Å². The Morgan fingerprint density at radius 2 is 0.929 bits per heavy atom. The van der Waals surface area contributed by atoms with E-state index in [9.17, 15) is 0 Å². The number of hydrogen-bond acceptors (Lipinski definition) is 2. The van der Waals surface area contributed by atoms with Gasteiger partial charge in [-0.3, -0.25) is 9.97 Å². The lowest BCUT2D eigenvalue weighted by atomic mass is 10.1. The van der Waals surface area contributed by atoms with Gasteiger partial charge in [-0.25, -0.2) is 0 Å². The number of rotatable bonds is 1. The van der Waals surface area contributed by atoms with Crippen molar-refractivity contribution >= 4 is 0 Å². The van der Waals surface area contributed by atoms with Crippen molar-refractivity contribution in [2.75, 3.05) is 0 Å². The highest BCUT2D eigenvalue weighted by Crippen LogP contribution is 2.15. The van der Waals surface area contributed by atoms with E-state index in [1.165, 1.54) is 11.1 Å². The first-order chi connectivity index (χ1) is 6.97. The van der Waals surface area contributed by atoms with Crippen molar-refractivity contribution in [3.05, 3.63) is 49.1 Å². The van der Waals surface area contributed by atoms with Crippen molar-refractivity contribution in [2.24, 2.45) is 0 Å². The largest absolute Gasteiger partial charge is 0.265 e. The van der Waals surface area contributed by atoms with Crippen LogP contribution < -0.4 is 0 Å². The Balaban J connectivity index is 0.000000461. The van der Waals surface area contributed by atoms with Crippen LogP contribution in [-0.2, 0) is 0 Å². The van der Waals surface area contributed by atoms with Gasteiger partial charge in [-0.15, -0.1) is 0 Å². The molecule has 0 fully saturated rings. The fraction of sp³-hybridized carbons (Fsp3) is 0.167. The lowest BCUT2D eigenvalue weighted by Gasteiger charge is -1.97. The first-order valence-electron chi connectivity index (χ1n) is 4.77. The van der Waals surface area contributed by atoms with Gasteiger partial charge in [0.1, 0.15) is 0 Å². The molecule has 0 radical (unpaired) electrons. The average Bonchev–Trinajstić information content (AvgIpc) is 2.34. The van der Waals surface area contributed by atoms with Crippen LogP contribution in [-0.4, -0.2) is 9.97 Å². The molecule has 0 N–H and O–H groups in total. The van der Waals surface area contributed by atoms with Crippen LogP contribution in [0, 0.1) is 0 Å². The second kappa shape index (κ2) is 5.86. The summed E-state index contributed by atoms with van der Waals surface area (Å²) in [5.74, 6) is 0. The molecule has 0 atom stereocenters. The van der Waals surface area contributed by atoms with Crippen LogP contribution in [0.5, 0.6) is 0 Å². The van der Waals surface area contributed by atoms with E-state index in [1.54, 1.807) is 24.8 Å². The fourth-order valence-corrected chi connectivity index (χ4v) is 1.09. The molecule has 2 aromatic rings. The Morgan fingerprint density at radius 1 is 0.643 bits per heavy atom. The lowest BCUT2D eigenvalue weighted by Crippen LogP contribution is -1.77. The molecule has 72 valence electrons. The number of aromatic nitrogens is 2. The average molecular weight is 186 g/mol. The first kappa shape index (κ1) is 10.4. The molecule has 2 nitrogen and oxygen atoms in total. The molecular weight excluding hydrogens is 172 g/mol. The van der Waals surface area contributed by atoms with Gasteiger partial charge in [0.15, 0.2) is 0 Å². The first-order valence-corrected chi connectivity index (χ1v) is 4.77. The maximum absolute atomic E-state index is 3.96. The standard InChI is InChI=1S/C10H8N2.C2H6/c1-5-11-6-2-9(1)10-3-7-12-8-4-10;1-2/h1-8H;1-2H3. The van der Waals surface area contributed by atoms with Crippen molar-refractivity contribution < 1.29 is 0 Å². The molecule has 0 aliphatic heterocycles. The highest BCUT2D eigenvalue weighted by atomic mass is 14.6. The summed E-state index contributed by atoms with van der Waals surface area (Å²) in [6, 6.07) is 7.93. The molecular formula is C12H14N2. The van der Waals surface area contributed by atoms with Crippen molar-refractivity contribution in [3.8, 4) is 11.1 Å². The van der Waals surface area contributed by atoms with Crippen molar-refractivity contribution in [2.45, 2.75) is 13.8 Å². The molecule has 0 aliphatic carbocycles. The smallest absolute Gasteiger partial charge is 0.0273 e. The third kappa shape index (κ3) is 2.66. The monoisotopic (exact) mass is 186 g/mol. The molecule has 2 heterocycles. The van der Waals surface area contributed by atoms with E-state index in [2.05, 4.69) is 9.97 Å².